The predicted molar refractivity (Wildman–Crippen MR) is 121 cm³/mol. The van der Waals surface area contributed by atoms with Gasteiger partial charge in [-0.15, -0.1) is 6.58 Å². The maximum Gasteiger partial charge on any atom is 0.415 e. The van der Waals surface area contributed by atoms with Gasteiger partial charge in [0.2, 0.25) is 0 Å². The molecule has 0 amide bonds. The first-order valence-corrected chi connectivity index (χ1v) is 10.5. The molecule has 31 heavy (non-hydrogen) atoms. The Morgan fingerprint density at radius 1 is 1.16 bits per heavy atom. The molecule has 0 aromatic heterocycles. The van der Waals surface area contributed by atoms with Gasteiger partial charge in [-0.3, -0.25) is 0 Å². The molecule has 1 heterocycles. The summed E-state index contributed by atoms with van der Waals surface area (Å²) in [6, 6.07) is 8.06. The maximum absolute atomic E-state index is 13.8. The number of rotatable bonds is 4. The number of fused-ring (bicyclic) bond motifs is 1. The molecule has 0 N–H and O–H groups in total. The van der Waals surface area contributed by atoms with Gasteiger partial charge in [0.05, 0.1) is 11.3 Å². The third-order valence-electron chi connectivity index (χ3n) is 5.88. The van der Waals surface area contributed by atoms with Crippen LogP contribution in [-0.2, 0) is 10.2 Å². The van der Waals surface area contributed by atoms with Crippen molar-refractivity contribution >= 4 is 5.69 Å². The molecule has 166 valence electrons. The zero-order valence-electron chi connectivity index (χ0n) is 18.7. The molecule has 0 saturated heterocycles. The number of halogens is 3. The number of hydrogen-bond donors (Lipinski definition) is 0. The first-order chi connectivity index (χ1) is 14.5. The van der Waals surface area contributed by atoms with E-state index in [2.05, 4.69) is 33.4 Å². The van der Waals surface area contributed by atoms with Crippen LogP contribution in [0.25, 0.3) is 0 Å². The van der Waals surface area contributed by atoms with E-state index in [1.54, 1.807) is 6.08 Å². The number of likely N-dealkylation sites (N-methyl/N-ethyl adjacent to an activating group) is 1. The van der Waals surface area contributed by atoms with Gasteiger partial charge in [0, 0.05) is 24.6 Å². The van der Waals surface area contributed by atoms with Crippen molar-refractivity contribution in [3.05, 3.63) is 89.9 Å². The van der Waals surface area contributed by atoms with Crippen LogP contribution >= 0.6 is 0 Å². The molecular weight excluding hydrogens is 399 g/mol. The Morgan fingerprint density at radius 2 is 1.84 bits per heavy atom. The first-order valence-electron chi connectivity index (χ1n) is 10.5. The average Bonchev–Trinajstić information content (AvgIpc) is 2.86. The van der Waals surface area contributed by atoms with Crippen molar-refractivity contribution in [2.24, 2.45) is 11.8 Å². The third kappa shape index (κ3) is 4.51. The molecule has 2 aliphatic rings. The minimum Gasteiger partial charge on any atom is -0.483 e. The topological polar surface area (TPSA) is 12.5 Å². The summed E-state index contributed by atoms with van der Waals surface area (Å²) in [4.78, 5) is 1.99. The van der Waals surface area contributed by atoms with Gasteiger partial charge in [-0.25, -0.2) is 0 Å². The molecule has 2 bridgehead atoms. The fourth-order valence-corrected chi connectivity index (χ4v) is 4.28. The molecule has 0 radical (unpaired) electrons. The number of nitrogens with zero attached hydrogens (tertiary/aromatic N) is 1. The van der Waals surface area contributed by atoms with Crippen LogP contribution in [0.15, 0.2) is 84.3 Å². The highest BCUT2D eigenvalue weighted by Crippen LogP contribution is 2.44. The van der Waals surface area contributed by atoms with Crippen LogP contribution in [-0.4, -0.2) is 19.3 Å². The summed E-state index contributed by atoms with van der Waals surface area (Å²) in [5.74, 6) is -0.288. The lowest BCUT2D eigenvalue weighted by molar-refractivity contribution is -0.112. The van der Waals surface area contributed by atoms with Gasteiger partial charge in [0.25, 0.3) is 0 Å². The van der Waals surface area contributed by atoms with Crippen LogP contribution in [0.5, 0.6) is 0 Å². The van der Waals surface area contributed by atoms with Crippen molar-refractivity contribution in [1.29, 1.82) is 0 Å². The summed E-state index contributed by atoms with van der Waals surface area (Å²) in [5.41, 5.74) is 2.08. The van der Waals surface area contributed by atoms with Crippen molar-refractivity contribution in [1.82, 2.24) is 0 Å². The second-order valence-corrected chi connectivity index (χ2v) is 8.96. The molecule has 1 aliphatic heterocycles. The van der Waals surface area contributed by atoms with Crippen LogP contribution in [0.1, 0.15) is 33.3 Å². The van der Waals surface area contributed by atoms with Gasteiger partial charge >= 0.3 is 6.18 Å². The van der Waals surface area contributed by atoms with Crippen molar-refractivity contribution in [3.63, 3.8) is 0 Å². The molecule has 3 unspecified atom stereocenters. The number of benzene rings is 1. The third-order valence-corrected chi connectivity index (χ3v) is 5.88. The highest BCUT2D eigenvalue weighted by atomic mass is 19.4. The SMILES string of the molecule is C=CC1C2C=CC=C(N(C)c3ccccc3C(C)(C)C)C(=C2)OC1/C(=C\C)C(F)(F)F. The molecule has 5 heteroatoms. The van der Waals surface area contributed by atoms with Crippen molar-refractivity contribution in [3.8, 4) is 0 Å². The fourth-order valence-electron chi connectivity index (χ4n) is 4.28. The predicted octanol–water partition coefficient (Wildman–Crippen LogP) is 7.08. The minimum absolute atomic E-state index is 0.0960. The standard InChI is InChI=1S/C26H30F3NO/c1-7-18-17-12-11-15-22(23(16-17)31-24(18)19(8-2)26(27,28)29)30(6)21-14-10-9-13-20(21)25(3,4)5/h7-18,24H,1H2,2-6H3/b19-8+. The van der Waals surface area contributed by atoms with Crippen molar-refractivity contribution in [2.45, 2.75) is 45.4 Å². The number of ether oxygens (including phenoxy) is 1. The monoisotopic (exact) mass is 429 g/mol. The lowest BCUT2D eigenvalue weighted by atomic mass is 9.81. The van der Waals surface area contributed by atoms with Crippen molar-refractivity contribution in [2.75, 3.05) is 11.9 Å². The first kappa shape index (κ1) is 23.0. The summed E-state index contributed by atoms with van der Waals surface area (Å²) in [6.07, 6.45) is 4.66. The van der Waals surface area contributed by atoms with E-state index < -0.39 is 23.8 Å². The number of hydrogen-bond acceptors (Lipinski definition) is 2. The largest absolute Gasteiger partial charge is 0.483 e. The molecular formula is C26H30F3NO. The summed E-state index contributed by atoms with van der Waals surface area (Å²) in [7, 11) is 1.92. The average molecular weight is 430 g/mol. The molecule has 1 aliphatic carbocycles. The molecule has 3 rings (SSSR count). The highest BCUT2D eigenvalue weighted by Gasteiger charge is 2.46. The molecule has 1 aromatic carbocycles. The zero-order valence-corrected chi connectivity index (χ0v) is 18.7. The van der Waals surface area contributed by atoms with E-state index in [1.165, 1.54) is 6.92 Å². The van der Waals surface area contributed by atoms with Gasteiger partial charge in [0.15, 0.2) is 0 Å². The maximum atomic E-state index is 13.8. The number of anilines is 1. The summed E-state index contributed by atoms with van der Waals surface area (Å²) >= 11 is 0. The van der Waals surface area contributed by atoms with Gasteiger partial charge in [0.1, 0.15) is 11.9 Å². The van der Waals surface area contributed by atoms with Crippen LogP contribution in [0.4, 0.5) is 18.9 Å². The number of alkyl halides is 3. The second-order valence-electron chi connectivity index (χ2n) is 8.96. The Kier molecular flexibility index (Phi) is 6.26. The van der Waals surface area contributed by atoms with Gasteiger partial charge in [-0.1, -0.05) is 63.3 Å². The van der Waals surface area contributed by atoms with Crippen molar-refractivity contribution < 1.29 is 17.9 Å². The minimum atomic E-state index is -4.47. The number of para-hydroxylation sites is 1. The van der Waals surface area contributed by atoms with Crippen LogP contribution in [0.2, 0.25) is 0 Å². The van der Waals surface area contributed by atoms with E-state index in [0.29, 0.717) is 5.76 Å². The van der Waals surface area contributed by atoms with E-state index in [4.69, 9.17) is 4.74 Å². The van der Waals surface area contributed by atoms with E-state index in [9.17, 15) is 13.2 Å². The number of allylic oxidation sites excluding steroid dienone is 5. The van der Waals surface area contributed by atoms with Gasteiger partial charge in [-0.2, -0.15) is 13.2 Å². The Hall–Kier alpha value is -2.69. The van der Waals surface area contributed by atoms with Crippen LogP contribution in [0, 0.1) is 11.8 Å². The molecule has 0 saturated carbocycles. The lowest BCUT2D eigenvalue weighted by Crippen LogP contribution is -2.38. The Morgan fingerprint density at radius 3 is 2.42 bits per heavy atom. The quantitative estimate of drug-likeness (QED) is 0.474. The van der Waals surface area contributed by atoms with E-state index >= 15 is 0 Å². The summed E-state index contributed by atoms with van der Waals surface area (Å²) in [5, 5.41) is 0. The molecule has 2 nitrogen and oxygen atoms in total. The lowest BCUT2D eigenvalue weighted by Gasteiger charge is -2.38. The van der Waals surface area contributed by atoms with E-state index in [-0.39, 0.29) is 11.3 Å². The highest BCUT2D eigenvalue weighted by molar-refractivity contribution is 5.63. The zero-order chi connectivity index (χ0) is 23.0. The normalized spacial score (nSPS) is 24.0. The van der Waals surface area contributed by atoms with Gasteiger partial charge in [-0.05, 0) is 36.1 Å². The van der Waals surface area contributed by atoms with Gasteiger partial charge < -0.3 is 9.64 Å². The summed E-state index contributed by atoms with van der Waals surface area (Å²) in [6.45, 7) is 11.6. The fraction of sp³-hybridized carbons (Fsp3) is 0.385. The Bertz CT molecular complexity index is 960. The molecule has 1 aromatic rings. The molecule has 0 spiro atoms. The van der Waals surface area contributed by atoms with Crippen LogP contribution in [0.3, 0.4) is 0 Å². The molecule has 0 fully saturated rings. The Labute approximate surface area is 183 Å². The Balaban J connectivity index is 2.05. The smallest absolute Gasteiger partial charge is 0.415 e. The second kappa shape index (κ2) is 8.45. The van der Waals surface area contributed by atoms with Crippen LogP contribution < -0.4 is 4.90 Å². The van der Waals surface area contributed by atoms with E-state index in [0.717, 1.165) is 23.0 Å². The summed E-state index contributed by atoms with van der Waals surface area (Å²) < 4.78 is 47.3. The van der Waals surface area contributed by atoms with E-state index in [1.807, 2.05) is 54.5 Å². The molecule has 3 atom stereocenters.